The number of furan rings is 1. The van der Waals surface area contributed by atoms with E-state index in [9.17, 15) is 13.2 Å². The van der Waals surface area contributed by atoms with Crippen molar-refractivity contribution in [2.45, 2.75) is 11.8 Å². The van der Waals surface area contributed by atoms with Crippen LogP contribution in [0, 0.1) is 0 Å². The first-order valence-corrected chi connectivity index (χ1v) is 13.4. The number of aromatic nitrogens is 1. The molecule has 0 radical (unpaired) electrons. The predicted octanol–water partition coefficient (Wildman–Crippen LogP) is 5.57. The second-order valence-electron chi connectivity index (χ2n) is 7.63. The summed E-state index contributed by atoms with van der Waals surface area (Å²) in [5, 5.41) is 5.82. The van der Waals surface area contributed by atoms with Crippen LogP contribution in [0.4, 0.5) is 5.13 Å². The number of thiazole rings is 1. The summed E-state index contributed by atoms with van der Waals surface area (Å²) < 4.78 is 38.5. The first kappa shape index (κ1) is 25.4. The third-order valence-corrected chi connectivity index (χ3v) is 7.81. The molecule has 0 fully saturated rings. The summed E-state index contributed by atoms with van der Waals surface area (Å²) in [5.41, 5.74) is 1.53. The van der Waals surface area contributed by atoms with Gasteiger partial charge in [-0.3, -0.25) is 10.1 Å². The first-order chi connectivity index (χ1) is 17.4. The molecule has 1 amide bonds. The number of amides is 1. The lowest BCUT2D eigenvalue weighted by atomic mass is 10.2. The predicted molar refractivity (Wildman–Crippen MR) is 142 cm³/mol. The molecule has 4 rings (SSSR count). The summed E-state index contributed by atoms with van der Waals surface area (Å²) in [4.78, 5) is 17.3. The van der Waals surface area contributed by atoms with E-state index in [4.69, 9.17) is 9.15 Å². The van der Waals surface area contributed by atoms with Crippen LogP contribution in [0.5, 0.6) is 5.75 Å². The Balaban J connectivity index is 1.49. The molecule has 186 valence electrons. The fourth-order valence-electron chi connectivity index (χ4n) is 3.53. The van der Waals surface area contributed by atoms with E-state index in [0.717, 1.165) is 5.39 Å². The standard InChI is InChI=1S/C26H25N3O5S2/c1-4-14-29(15-5-2)36(31,32)20-12-10-18(11-13-20)25(30)28-26-27-21(17-35-26)23-16-19-8-7-9-22(33-6-3)24(19)34-23/h4-5,7-13,16-17H,1-2,6,14-15H2,3H3,(H,27,28,30). The molecule has 8 nitrogen and oxygen atoms in total. The normalized spacial score (nSPS) is 11.5. The number of hydrogen-bond acceptors (Lipinski definition) is 7. The number of nitrogens with one attached hydrogen (secondary N) is 1. The minimum absolute atomic E-state index is 0.0793. The van der Waals surface area contributed by atoms with Crippen molar-refractivity contribution in [1.82, 2.24) is 9.29 Å². The van der Waals surface area contributed by atoms with Crippen LogP contribution in [0.25, 0.3) is 22.4 Å². The number of carbonyl (C=O) groups is 1. The zero-order chi connectivity index (χ0) is 25.7. The Morgan fingerprint density at radius 3 is 2.56 bits per heavy atom. The molecular formula is C26H25N3O5S2. The molecule has 36 heavy (non-hydrogen) atoms. The van der Waals surface area contributed by atoms with Crippen molar-refractivity contribution in [2.24, 2.45) is 0 Å². The Bertz CT molecular complexity index is 1490. The van der Waals surface area contributed by atoms with Crippen molar-refractivity contribution in [2.75, 3.05) is 25.0 Å². The number of para-hydroxylation sites is 1. The van der Waals surface area contributed by atoms with Crippen LogP contribution in [0.15, 0.2) is 88.5 Å². The number of fused-ring (bicyclic) bond motifs is 1. The number of anilines is 1. The Morgan fingerprint density at radius 2 is 1.89 bits per heavy atom. The SMILES string of the molecule is C=CCN(CC=C)S(=O)(=O)c1ccc(C(=O)Nc2nc(-c3cc4cccc(OCC)c4o3)cs2)cc1. The maximum absolute atomic E-state index is 12.8. The van der Waals surface area contributed by atoms with Crippen LogP contribution in [0.3, 0.4) is 0 Å². The maximum atomic E-state index is 12.8. The van der Waals surface area contributed by atoms with E-state index >= 15 is 0 Å². The van der Waals surface area contributed by atoms with Gasteiger partial charge in [0.25, 0.3) is 5.91 Å². The molecule has 0 unspecified atom stereocenters. The average molecular weight is 524 g/mol. The highest BCUT2D eigenvalue weighted by atomic mass is 32.2. The topological polar surface area (TPSA) is 102 Å². The van der Waals surface area contributed by atoms with Gasteiger partial charge < -0.3 is 9.15 Å². The molecule has 0 bridgehead atoms. The Labute approximate surface area is 213 Å². The zero-order valence-electron chi connectivity index (χ0n) is 19.6. The van der Waals surface area contributed by atoms with Gasteiger partial charge in [-0.1, -0.05) is 24.3 Å². The van der Waals surface area contributed by atoms with E-state index in [1.54, 1.807) is 5.38 Å². The van der Waals surface area contributed by atoms with Crippen LogP contribution >= 0.6 is 11.3 Å². The lowest BCUT2D eigenvalue weighted by Gasteiger charge is -2.19. The van der Waals surface area contributed by atoms with Crippen LogP contribution in [0.2, 0.25) is 0 Å². The molecule has 0 aliphatic rings. The van der Waals surface area contributed by atoms with E-state index in [2.05, 4.69) is 23.5 Å². The quantitative estimate of drug-likeness (QED) is 0.258. The molecular weight excluding hydrogens is 498 g/mol. The number of ether oxygens (including phenoxy) is 1. The highest BCUT2D eigenvalue weighted by Crippen LogP contribution is 2.34. The zero-order valence-corrected chi connectivity index (χ0v) is 21.3. The summed E-state index contributed by atoms with van der Waals surface area (Å²) in [6.07, 6.45) is 3.02. The van der Waals surface area contributed by atoms with Gasteiger partial charge in [0, 0.05) is 29.4 Å². The van der Waals surface area contributed by atoms with E-state index in [-0.39, 0.29) is 18.0 Å². The Morgan fingerprint density at radius 1 is 1.17 bits per heavy atom. The lowest BCUT2D eigenvalue weighted by Crippen LogP contribution is -2.31. The molecule has 0 spiro atoms. The minimum Gasteiger partial charge on any atom is -0.490 e. The summed E-state index contributed by atoms with van der Waals surface area (Å²) in [6, 6.07) is 13.3. The molecule has 2 aromatic carbocycles. The van der Waals surface area contributed by atoms with Crippen molar-refractivity contribution in [3.63, 3.8) is 0 Å². The lowest BCUT2D eigenvalue weighted by molar-refractivity contribution is 0.102. The van der Waals surface area contributed by atoms with Crippen molar-refractivity contribution in [3.05, 3.63) is 84.8 Å². The van der Waals surface area contributed by atoms with Crippen LogP contribution < -0.4 is 10.1 Å². The number of carbonyl (C=O) groups excluding carboxylic acids is 1. The van der Waals surface area contributed by atoms with Gasteiger partial charge in [-0.25, -0.2) is 13.4 Å². The van der Waals surface area contributed by atoms with Gasteiger partial charge >= 0.3 is 0 Å². The molecule has 1 N–H and O–H groups in total. The Hall–Kier alpha value is -3.73. The maximum Gasteiger partial charge on any atom is 0.257 e. The summed E-state index contributed by atoms with van der Waals surface area (Å²) in [6.45, 7) is 9.94. The van der Waals surface area contributed by atoms with E-state index in [0.29, 0.717) is 40.1 Å². The van der Waals surface area contributed by atoms with Gasteiger partial charge in [0.1, 0.15) is 5.69 Å². The van der Waals surface area contributed by atoms with Gasteiger partial charge in [0.05, 0.1) is 11.5 Å². The number of hydrogen-bond donors (Lipinski definition) is 1. The molecule has 0 saturated heterocycles. The van der Waals surface area contributed by atoms with E-state index in [1.807, 2.05) is 31.2 Å². The van der Waals surface area contributed by atoms with Crippen LogP contribution in [-0.4, -0.2) is 43.3 Å². The van der Waals surface area contributed by atoms with Gasteiger partial charge in [-0.2, -0.15) is 4.31 Å². The second kappa shape index (κ2) is 10.9. The summed E-state index contributed by atoms with van der Waals surface area (Å²) >= 11 is 1.26. The molecule has 4 aromatic rings. The molecule has 0 atom stereocenters. The highest BCUT2D eigenvalue weighted by molar-refractivity contribution is 7.89. The largest absolute Gasteiger partial charge is 0.490 e. The number of rotatable bonds is 11. The molecule has 0 aliphatic carbocycles. The van der Waals surface area contributed by atoms with Gasteiger partial charge in [0.15, 0.2) is 22.2 Å². The van der Waals surface area contributed by atoms with Gasteiger partial charge in [-0.15, -0.1) is 24.5 Å². The smallest absolute Gasteiger partial charge is 0.257 e. The first-order valence-electron chi connectivity index (χ1n) is 11.1. The second-order valence-corrected chi connectivity index (χ2v) is 10.4. The molecule has 0 aliphatic heterocycles. The Kier molecular flexibility index (Phi) is 7.68. The third-order valence-electron chi connectivity index (χ3n) is 5.20. The van der Waals surface area contributed by atoms with Crippen molar-refractivity contribution in [1.29, 1.82) is 0 Å². The summed E-state index contributed by atoms with van der Waals surface area (Å²) in [7, 11) is -3.74. The van der Waals surface area contributed by atoms with Gasteiger partial charge in [-0.05, 0) is 43.3 Å². The highest BCUT2D eigenvalue weighted by Gasteiger charge is 2.23. The monoisotopic (exact) mass is 523 g/mol. The van der Waals surface area contributed by atoms with Gasteiger partial charge in [0.2, 0.25) is 10.0 Å². The number of benzene rings is 2. The average Bonchev–Trinajstić information content (AvgIpc) is 3.52. The van der Waals surface area contributed by atoms with E-state index < -0.39 is 15.9 Å². The van der Waals surface area contributed by atoms with Crippen molar-refractivity contribution in [3.8, 4) is 17.2 Å². The van der Waals surface area contributed by atoms with Crippen LogP contribution in [0.1, 0.15) is 17.3 Å². The fraction of sp³-hybridized carbons (Fsp3) is 0.154. The number of sulfonamides is 1. The minimum atomic E-state index is -3.74. The summed E-state index contributed by atoms with van der Waals surface area (Å²) in [5.74, 6) is 0.816. The fourth-order valence-corrected chi connectivity index (χ4v) is 5.61. The number of nitrogens with zero attached hydrogens (tertiary/aromatic N) is 2. The third kappa shape index (κ3) is 5.25. The van der Waals surface area contributed by atoms with E-state index in [1.165, 1.54) is 52.1 Å². The molecule has 10 heteroatoms. The van der Waals surface area contributed by atoms with Crippen LogP contribution in [-0.2, 0) is 10.0 Å². The van der Waals surface area contributed by atoms with Crippen molar-refractivity contribution >= 4 is 43.4 Å². The van der Waals surface area contributed by atoms with Crippen molar-refractivity contribution < 1.29 is 22.4 Å². The molecule has 2 heterocycles. The molecule has 0 saturated carbocycles. The molecule has 2 aromatic heterocycles.